The van der Waals surface area contributed by atoms with E-state index in [9.17, 15) is 9.18 Å². The molecule has 2 unspecified atom stereocenters. The summed E-state index contributed by atoms with van der Waals surface area (Å²) in [4.78, 5) is 10.9. The van der Waals surface area contributed by atoms with Crippen molar-refractivity contribution in [2.75, 3.05) is 0 Å². The van der Waals surface area contributed by atoms with E-state index in [4.69, 9.17) is 5.73 Å². The summed E-state index contributed by atoms with van der Waals surface area (Å²) < 4.78 is 15.0. The summed E-state index contributed by atoms with van der Waals surface area (Å²) in [5.41, 5.74) is 13.6. The Morgan fingerprint density at radius 3 is 2.72 bits per heavy atom. The van der Waals surface area contributed by atoms with Crippen LogP contribution in [0.25, 0.3) is 11.8 Å². The van der Waals surface area contributed by atoms with Gasteiger partial charge < -0.3 is 5.73 Å². The molecule has 1 aromatic heterocycles. The lowest BCUT2D eigenvalue weighted by Crippen LogP contribution is -2.13. The third-order valence-corrected chi connectivity index (χ3v) is 7.32. The molecule has 1 heterocycles. The van der Waals surface area contributed by atoms with Gasteiger partial charge in [-0.05, 0) is 97.9 Å². The summed E-state index contributed by atoms with van der Waals surface area (Å²) in [5.74, 6) is 0.381. The fourth-order valence-corrected chi connectivity index (χ4v) is 5.51. The van der Waals surface area contributed by atoms with E-state index >= 15 is 0 Å². The predicted octanol–water partition coefficient (Wildman–Crippen LogP) is 5.41. The molecule has 0 saturated heterocycles. The fraction of sp³-hybridized carbons (Fsp3) is 0.333. The average Bonchev–Trinajstić information content (AvgIpc) is 3.13. The number of halogens is 1. The fourth-order valence-electron chi connectivity index (χ4n) is 5.51. The number of carbonyl (C=O) groups is 1. The van der Waals surface area contributed by atoms with Crippen LogP contribution >= 0.6 is 0 Å². The van der Waals surface area contributed by atoms with Gasteiger partial charge in [-0.1, -0.05) is 30.2 Å². The van der Waals surface area contributed by atoms with Crippen molar-refractivity contribution in [2.45, 2.75) is 46.0 Å². The Hall–Kier alpha value is -3.21. The minimum absolute atomic E-state index is 0.205. The maximum absolute atomic E-state index is 13.1. The number of benzene rings is 2. The molecule has 2 aromatic carbocycles. The minimum Gasteiger partial charge on any atom is -0.366 e. The van der Waals surface area contributed by atoms with Gasteiger partial charge in [-0.2, -0.15) is 5.10 Å². The first-order valence-corrected chi connectivity index (χ1v) is 11.3. The van der Waals surface area contributed by atoms with Gasteiger partial charge in [0.1, 0.15) is 5.82 Å². The molecule has 32 heavy (non-hydrogen) atoms. The maximum atomic E-state index is 13.1. The van der Waals surface area contributed by atoms with Crippen molar-refractivity contribution in [3.63, 3.8) is 0 Å². The molecular weight excluding hydrogens is 401 g/mol. The number of hydrogen-bond acceptors (Lipinski definition) is 2. The van der Waals surface area contributed by atoms with Crippen LogP contribution in [0.3, 0.4) is 0 Å². The largest absolute Gasteiger partial charge is 0.366 e. The summed E-state index contributed by atoms with van der Waals surface area (Å²) >= 11 is 0. The Bertz CT molecular complexity index is 1220. The summed E-state index contributed by atoms with van der Waals surface area (Å²) in [7, 11) is 0. The van der Waals surface area contributed by atoms with Crippen molar-refractivity contribution in [3.05, 3.63) is 88.0 Å². The van der Waals surface area contributed by atoms with Crippen LogP contribution in [-0.2, 0) is 12.8 Å². The molecule has 0 bridgehead atoms. The molecule has 2 atom stereocenters. The van der Waals surface area contributed by atoms with E-state index in [1.807, 2.05) is 36.9 Å². The predicted molar refractivity (Wildman–Crippen MR) is 124 cm³/mol. The number of allylic oxidation sites excluding steroid dienone is 1. The number of primary amides is 1. The van der Waals surface area contributed by atoms with Crippen molar-refractivity contribution in [2.24, 2.45) is 17.1 Å². The lowest BCUT2D eigenvalue weighted by atomic mass is 9.84. The molecule has 3 aliphatic rings. The molecule has 6 rings (SSSR count). The van der Waals surface area contributed by atoms with Gasteiger partial charge in [-0.3, -0.25) is 4.79 Å². The van der Waals surface area contributed by atoms with Crippen LogP contribution in [0.15, 0.2) is 54.2 Å². The Kier molecular flexibility index (Phi) is 5.00. The number of carbonyl (C=O) groups excluding carboxylic acids is 1. The molecule has 3 aromatic rings. The number of fused-ring (bicyclic) bond motifs is 1. The third-order valence-electron chi connectivity index (χ3n) is 7.32. The van der Waals surface area contributed by atoms with Crippen LogP contribution in [0.5, 0.6) is 0 Å². The van der Waals surface area contributed by atoms with Crippen molar-refractivity contribution in [1.82, 2.24) is 9.78 Å². The first-order chi connectivity index (χ1) is 15.4. The van der Waals surface area contributed by atoms with Crippen LogP contribution in [0.4, 0.5) is 4.39 Å². The Balaban J connectivity index is 0.000000156. The second kappa shape index (κ2) is 7.73. The highest BCUT2D eigenvalue weighted by Gasteiger charge is 2.60. The van der Waals surface area contributed by atoms with Crippen LogP contribution in [0, 0.1) is 24.1 Å². The number of amides is 1. The lowest BCUT2D eigenvalue weighted by molar-refractivity contribution is 0.0999. The molecule has 1 spiro atoms. The van der Waals surface area contributed by atoms with Crippen molar-refractivity contribution >= 4 is 12.0 Å². The molecule has 5 heteroatoms. The monoisotopic (exact) mass is 429 g/mol. The van der Waals surface area contributed by atoms with Gasteiger partial charge in [0, 0.05) is 5.56 Å². The van der Waals surface area contributed by atoms with Crippen molar-refractivity contribution < 1.29 is 9.18 Å². The quantitative estimate of drug-likeness (QED) is 0.605. The zero-order valence-corrected chi connectivity index (χ0v) is 18.6. The summed E-state index contributed by atoms with van der Waals surface area (Å²) in [6.07, 6.45) is 10.3. The highest BCUT2D eigenvalue weighted by molar-refractivity contribution is 5.94. The summed E-state index contributed by atoms with van der Waals surface area (Å²) in [6, 6.07) is 12.3. The summed E-state index contributed by atoms with van der Waals surface area (Å²) in [6.45, 7) is 4.02. The van der Waals surface area contributed by atoms with E-state index in [0.717, 1.165) is 35.6 Å². The third kappa shape index (κ3) is 3.46. The maximum Gasteiger partial charge on any atom is 0.248 e. The van der Waals surface area contributed by atoms with Gasteiger partial charge >= 0.3 is 0 Å². The number of nitrogens with zero attached hydrogens (tertiary/aromatic N) is 2. The second-order valence-corrected chi connectivity index (χ2v) is 9.26. The number of aryl methyl sites for hydroxylation is 2. The highest BCUT2D eigenvalue weighted by atomic mass is 19.1. The molecule has 0 radical (unpaired) electrons. The molecule has 4 nitrogen and oxygen atoms in total. The molecular formula is C27H28FN3O. The minimum atomic E-state index is -0.341. The lowest BCUT2D eigenvalue weighted by Gasteiger charge is -2.21. The van der Waals surface area contributed by atoms with E-state index in [0.29, 0.717) is 11.0 Å². The standard InChI is InChI=1S/C17H15FN2.C10H13NO/c18-14-3-5-15(6-4-14)20-16-7-12-1-2-13-9-17(12,13)8-11(16)10-19-20;1-3-8-6-7(2)4-5-9(8)10(11)12/h3-7,10,13H,1-2,8-9H2;4-6H,3H2,1-2H3,(H2,11,12). The molecule has 0 aliphatic heterocycles. The molecule has 2 saturated carbocycles. The number of nitrogens with two attached hydrogens (primary N) is 1. The van der Waals surface area contributed by atoms with Gasteiger partial charge in [0.05, 0.1) is 17.6 Å². The smallest absolute Gasteiger partial charge is 0.248 e. The highest BCUT2D eigenvalue weighted by Crippen LogP contribution is 2.69. The van der Waals surface area contributed by atoms with Gasteiger partial charge in [0.2, 0.25) is 5.91 Å². The molecule has 164 valence electrons. The molecule has 1 amide bonds. The average molecular weight is 430 g/mol. The number of aromatic nitrogens is 2. The zero-order valence-electron chi connectivity index (χ0n) is 18.6. The number of hydrogen-bond donors (Lipinski definition) is 1. The van der Waals surface area contributed by atoms with E-state index in [1.54, 1.807) is 23.8 Å². The van der Waals surface area contributed by atoms with Crippen LogP contribution < -0.4 is 5.73 Å². The van der Waals surface area contributed by atoms with E-state index in [1.165, 1.54) is 42.7 Å². The second-order valence-electron chi connectivity index (χ2n) is 9.26. The van der Waals surface area contributed by atoms with Gasteiger partial charge in [0.25, 0.3) is 0 Å². The van der Waals surface area contributed by atoms with E-state index in [2.05, 4.69) is 11.2 Å². The molecule has 2 N–H and O–H groups in total. The van der Waals surface area contributed by atoms with E-state index < -0.39 is 0 Å². The first kappa shape index (κ1) is 20.7. The Morgan fingerprint density at radius 1 is 1.25 bits per heavy atom. The number of rotatable bonds is 3. The Labute approximate surface area is 187 Å². The van der Waals surface area contributed by atoms with Crippen LogP contribution in [0.1, 0.15) is 58.9 Å². The normalized spacial score (nSPS) is 22.1. The van der Waals surface area contributed by atoms with Gasteiger partial charge in [0.15, 0.2) is 0 Å². The van der Waals surface area contributed by atoms with Crippen molar-refractivity contribution in [1.29, 1.82) is 0 Å². The van der Waals surface area contributed by atoms with E-state index in [-0.39, 0.29) is 11.7 Å². The molecule has 2 fully saturated rings. The van der Waals surface area contributed by atoms with Crippen molar-refractivity contribution in [3.8, 4) is 5.69 Å². The first-order valence-electron chi connectivity index (χ1n) is 11.3. The van der Waals surface area contributed by atoms with Gasteiger partial charge in [-0.25, -0.2) is 9.07 Å². The Morgan fingerprint density at radius 2 is 2.03 bits per heavy atom. The van der Waals surface area contributed by atoms with Gasteiger partial charge in [-0.15, -0.1) is 0 Å². The molecule has 3 aliphatic carbocycles. The topological polar surface area (TPSA) is 60.9 Å². The zero-order chi connectivity index (χ0) is 22.5. The SMILES string of the molecule is CCc1cc(C)ccc1C(N)=O.Fc1ccc(-n2ncc3c2C=C2CCC4CC24C3)cc1. The summed E-state index contributed by atoms with van der Waals surface area (Å²) in [5, 5.41) is 4.52. The van der Waals surface area contributed by atoms with Crippen LogP contribution in [-0.4, -0.2) is 15.7 Å². The van der Waals surface area contributed by atoms with Crippen LogP contribution in [0.2, 0.25) is 0 Å².